The molecule has 0 saturated heterocycles. The summed E-state index contributed by atoms with van der Waals surface area (Å²) >= 11 is 1.63. The largest absolute Gasteiger partial charge is 0.493 e. The molecule has 1 aromatic carbocycles. The van der Waals surface area contributed by atoms with E-state index in [-0.39, 0.29) is 20.1 Å². The van der Waals surface area contributed by atoms with Gasteiger partial charge >= 0.3 is 7.12 Å². The van der Waals surface area contributed by atoms with Crippen LogP contribution in [0.25, 0.3) is 0 Å². The highest BCUT2D eigenvalue weighted by Gasteiger charge is 2.36. The fourth-order valence-corrected chi connectivity index (χ4v) is 3.00. The molecule has 18 heavy (non-hydrogen) atoms. The van der Waals surface area contributed by atoms with Crippen molar-refractivity contribution >= 4 is 24.3 Å². The number of nitrogens with two attached hydrogens (primary N) is 1. The molecule has 6 heteroatoms. The molecule has 1 atom stereocenters. The van der Waals surface area contributed by atoms with E-state index in [1.54, 1.807) is 11.8 Å². The van der Waals surface area contributed by atoms with Crippen molar-refractivity contribution in [1.82, 2.24) is 0 Å². The van der Waals surface area contributed by atoms with Crippen molar-refractivity contribution in [2.24, 2.45) is 5.73 Å². The van der Waals surface area contributed by atoms with Crippen LogP contribution in [-0.4, -0.2) is 36.2 Å². The van der Waals surface area contributed by atoms with E-state index in [0.29, 0.717) is 6.54 Å². The van der Waals surface area contributed by atoms with Crippen LogP contribution in [0.15, 0.2) is 23.1 Å². The Hall–Kier alpha value is -0.525. The lowest BCUT2D eigenvalue weighted by atomic mass is 9.79. The number of aliphatic hydroxyl groups excluding tert-OH is 1. The number of benzene rings is 1. The van der Waals surface area contributed by atoms with E-state index in [4.69, 9.17) is 15.5 Å². The van der Waals surface area contributed by atoms with Crippen LogP contribution in [0.2, 0.25) is 0 Å². The van der Waals surface area contributed by atoms with Crippen molar-refractivity contribution < 1.29 is 14.8 Å². The van der Waals surface area contributed by atoms with Crippen molar-refractivity contribution in [3.63, 3.8) is 0 Å². The monoisotopic (exact) mass is 269 g/mol. The van der Waals surface area contributed by atoms with Gasteiger partial charge in [-0.15, -0.1) is 11.8 Å². The van der Waals surface area contributed by atoms with Crippen LogP contribution in [-0.2, 0) is 4.65 Å². The van der Waals surface area contributed by atoms with Crippen LogP contribution in [0.3, 0.4) is 0 Å². The Balaban J connectivity index is 0.00000162. The Bertz CT molecular complexity index is 392. The molecule has 1 aromatic rings. The first-order chi connectivity index (χ1) is 8.27. The van der Waals surface area contributed by atoms with E-state index in [1.165, 1.54) is 0 Å². The van der Waals surface area contributed by atoms with E-state index >= 15 is 0 Å². The van der Waals surface area contributed by atoms with Gasteiger partial charge in [0.25, 0.3) is 0 Å². The molecule has 0 amide bonds. The molecule has 0 saturated carbocycles. The van der Waals surface area contributed by atoms with Gasteiger partial charge in [0.15, 0.2) is 0 Å². The lowest BCUT2D eigenvalue weighted by Gasteiger charge is -2.09. The lowest BCUT2D eigenvalue weighted by molar-refractivity contribution is 0.198. The molecular formula is C12H20BNO3S. The Kier molecular flexibility index (Phi) is 6.18. The highest BCUT2D eigenvalue weighted by molar-refractivity contribution is 7.99. The highest BCUT2D eigenvalue weighted by Crippen LogP contribution is 2.28. The van der Waals surface area contributed by atoms with E-state index in [2.05, 4.69) is 0 Å². The molecule has 0 aliphatic carbocycles. The molecule has 4 N–H and O–H groups in total. The number of aliphatic hydroxyl groups is 1. The molecule has 0 spiro atoms. The summed E-state index contributed by atoms with van der Waals surface area (Å²) in [5, 5.41) is 18.6. The maximum Gasteiger partial charge on any atom is 0.493 e. The average Bonchev–Trinajstić information content (AvgIpc) is 2.68. The van der Waals surface area contributed by atoms with Crippen LogP contribution in [0, 0.1) is 0 Å². The third-order valence-electron chi connectivity index (χ3n) is 2.76. The first-order valence-corrected chi connectivity index (χ1v) is 6.66. The molecule has 2 rings (SSSR count). The molecule has 0 bridgehead atoms. The van der Waals surface area contributed by atoms with Gasteiger partial charge in [0.1, 0.15) is 0 Å². The number of rotatable bonds is 5. The van der Waals surface area contributed by atoms with Crippen molar-refractivity contribution in [2.45, 2.75) is 24.8 Å². The van der Waals surface area contributed by atoms with Gasteiger partial charge in [0, 0.05) is 29.3 Å². The molecular weight excluding hydrogens is 249 g/mol. The quantitative estimate of drug-likeness (QED) is 0.412. The highest BCUT2D eigenvalue weighted by atomic mass is 32.2. The van der Waals surface area contributed by atoms with Gasteiger partial charge in [-0.2, -0.15) is 0 Å². The number of hydrogen-bond acceptors (Lipinski definition) is 5. The second-order valence-corrected chi connectivity index (χ2v) is 5.03. The van der Waals surface area contributed by atoms with E-state index in [9.17, 15) is 5.02 Å². The van der Waals surface area contributed by atoms with Crippen LogP contribution in [0.1, 0.15) is 25.5 Å². The van der Waals surface area contributed by atoms with Gasteiger partial charge in [-0.3, -0.25) is 0 Å². The lowest BCUT2D eigenvalue weighted by Crippen LogP contribution is -2.30. The Labute approximate surface area is 113 Å². The number of hydrogen-bond donors (Lipinski definition) is 3. The summed E-state index contributed by atoms with van der Waals surface area (Å²) in [5.41, 5.74) is 7.43. The standard InChI is InChI=1S/C11H16BNO3S.CH4/c13-7-9-8-3-1-4-10(17-6-2-5-14)11(8)12(15)16-9;/h1,3-4,9,14-15H,2,5-7,13H2;1H4. The van der Waals surface area contributed by atoms with Gasteiger partial charge in [0.2, 0.25) is 0 Å². The Morgan fingerprint density at radius 2 is 2.22 bits per heavy atom. The van der Waals surface area contributed by atoms with Crippen molar-refractivity contribution in [3.05, 3.63) is 23.8 Å². The van der Waals surface area contributed by atoms with Crippen LogP contribution < -0.4 is 11.2 Å². The zero-order valence-electron chi connectivity index (χ0n) is 9.50. The molecule has 0 aromatic heterocycles. The predicted molar refractivity (Wildman–Crippen MR) is 76.1 cm³/mol. The van der Waals surface area contributed by atoms with Crippen LogP contribution in [0.4, 0.5) is 0 Å². The average molecular weight is 269 g/mol. The molecule has 0 radical (unpaired) electrons. The summed E-state index contributed by atoms with van der Waals surface area (Å²) in [6.07, 6.45) is 0.532. The number of fused-ring (bicyclic) bond motifs is 1. The second kappa shape index (κ2) is 7.16. The maximum absolute atomic E-state index is 9.88. The third-order valence-corrected chi connectivity index (χ3v) is 3.92. The summed E-state index contributed by atoms with van der Waals surface area (Å²) in [5.74, 6) is 0.826. The maximum atomic E-state index is 9.88. The molecule has 1 aliphatic heterocycles. The molecule has 1 aliphatic rings. The Morgan fingerprint density at radius 3 is 2.89 bits per heavy atom. The summed E-state index contributed by atoms with van der Waals surface area (Å²) in [6, 6.07) is 5.86. The summed E-state index contributed by atoms with van der Waals surface area (Å²) in [6.45, 7) is 0.557. The van der Waals surface area contributed by atoms with Crippen LogP contribution >= 0.6 is 11.8 Å². The van der Waals surface area contributed by atoms with Gasteiger partial charge in [-0.25, -0.2) is 0 Å². The normalized spacial score (nSPS) is 17.5. The molecule has 4 nitrogen and oxygen atoms in total. The fourth-order valence-electron chi connectivity index (χ4n) is 1.96. The second-order valence-electron chi connectivity index (χ2n) is 3.90. The summed E-state index contributed by atoms with van der Waals surface area (Å²) in [7, 11) is -0.878. The van der Waals surface area contributed by atoms with Crippen molar-refractivity contribution in [2.75, 3.05) is 18.9 Å². The smallest absolute Gasteiger partial charge is 0.423 e. The molecule has 1 heterocycles. The van der Waals surface area contributed by atoms with E-state index < -0.39 is 7.12 Å². The third kappa shape index (κ3) is 3.07. The summed E-state index contributed by atoms with van der Waals surface area (Å²) < 4.78 is 5.40. The minimum Gasteiger partial charge on any atom is -0.423 e. The Morgan fingerprint density at radius 1 is 1.44 bits per heavy atom. The molecule has 100 valence electrons. The topological polar surface area (TPSA) is 75.7 Å². The zero-order valence-corrected chi connectivity index (χ0v) is 10.3. The fraction of sp³-hybridized carbons (Fsp3) is 0.500. The van der Waals surface area contributed by atoms with Crippen molar-refractivity contribution in [1.29, 1.82) is 0 Å². The molecule has 0 fully saturated rings. The van der Waals surface area contributed by atoms with E-state index in [1.807, 2.05) is 18.2 Å². The first kappa shape index (κ1) is 15.5. The SMILES string of the molecule is C.NCC1OB(O)c2c(SCCCO)cccc21. The minimum absolute atomic E-state index is 0. The van der Waals surface area contributed by atoms with Gasteiger partial charge in [-0.05, 0) is 18.1 Å². The van der Waals surface area contributed by atoms with E-state index in [0.717, 1.165) is 28.1 Å². The zero-order chi connectivity index (χ0) is 12.3. The van der Waals surface area contributed by atoms with Gasteiger partial charge in [0.05, 0.1) is 6.10 Å². The molecule has 1 unspecified atom stereocenters. The van der Waals surface area contributed by atoms with Gasteiger partial charge < -0.3 is 20.5 Å². The minimum atomic E-state index is -0.878. The predicted octanol–water partition coefficient (Wildman–Crippen LogP) is 0.515. The van der Waals surface area contributed by atoms with Gasteiger partial charge in [-0.1, -0.05) is 19.6 Å². The first-order valence-electron chi connectivity index (χ1n) is 5.68. The summed E-state index contributed by atoms with van der Waals surface area (Å²) in [4.78, 5) is 1.01. The van der Waals surface area contributed by atoms with Crippen molar-refractivity contribution in [3.8, 4) is 0 Å². The number of thioether (sulfide) groups is 1. The van der Waals surface area contributed by atoms with Crippen LogP contribution in [0.5, 0.6) is 0 Å².